The first kappa shape index (κ1) is 11.4. The van der Waals surface area contributed by atoms with Crippen molar-refractivity contribution in [2.75, 3.05) is 19.3 Å². The fraction of sp³-hybridized carbons (Fsp3) is 1.00. The molecular formula is C10H20N2O2S. The lowest BCUT2D eigenvalue weighted by Gasteiger charge is -2.33. The maximum absolute atomic E-state index is 11.7. The highest BCUT2D eigenvalue weighted by molar-refractivity contribution is 7.89. The molecule has 0 atom stereocenters. The average Bonchev–Trinajstić information content (AvgIpc) is 2.58. The van der Waals surface area contributed by atoms with Gasteiger partial charge in [0.1, 0.15) is 0 Å². The zero-order valence-corrected chi connectivity index (χ0v) is 10.1. The first-order valence-corrected chi connectivity index (χ1v) is 7.41. The second-order valence-electron chi connectivity index (χ2n) is 4.57. The van der Waals surface area contributed by atoms with Crippen LogP contribution in [0.1, 0.15) is 32.1 Å². The fourth-order valence-electron chi connectivity index (χ4n) is 2.72. The molecule has 2 rings (SSSR count). The molecule has 2 fully saturated rings. The number of rotatable bonds is 2. The smallest absolute Gasteiger partial charge is 0.214 e. The first-order valence-electron chi connectivity index (χ1n) is 5.80. The number of sulfonamides is 1. The van der Waals surface area contributed by atoms with Crippen molar-refractivity contribution in [2.45, 2.75) is 44.2 Å². The van der Waals surface area contributed by atoms with Crippen LogP contribution in [0.15, 0.2) is 0 Å². The fourth-order valence-corrected chi connectivity index (χ4v) is 4.52. The Labute approximate surface area is 92.1 Å². The zero-order chi connectivity index (χ0) is 10.9. The van der Waals surface area contributed by atoms with E-state index < -0.39 is 10.0 Å². The number of hydrogen-bond acceptors (Lipinski definition) is 3. The molecule has 0 radical (unpaired) electrons. The van der Waals surface area contributed by atoms with Gasteiger partial charge in [0.15, 0.2) is 0 Å². The molecule has 1 aliphatic heterocycles. The van der Waals surface area contributed by atoms with Gasteiger partial charge in [0.05, 0.1) is 5.75 Å². The number of nitrogens with zero attached hydrogens (tertiary/aromatic N) is 1. The largest absolute Gasteiger partial charge is 0.317 e. The van der Waals surface area contributed by atoms with Gasteiger partial charge in [0.25, 0.3) is 0 Å². The molecule has 0 aromatic rings. The lowest BCUT2D eigenvalue weighted by atomic mass is 9.91. The van der Waals surface area contributed by atoms with Crippen LogP contribution in [-0.4, -0.2) is 44.2 Å². The Bertz CT molecular complexity index is 307. The van der Waals surface area contributed by atoms with Gasteiger partial charge in [-0.1, -0.05) is 0 Å². The quantitative estimate of drug-likeness (QED) is 0.756. The average molecular weight is 232 g/mol. The Morgan fingerprint density at radius 3 is 2.33 bits per heavy atom. The molecule has 0 spiro atoms. The molecule has 0 amide bonds. The van der Waals surface area contributed by atoms with Crippen molar-refractivity contribution in [2.24, 2.45) is 0 Å². The molecule has 88 valence electrons. The highest BCUT2D eigenvalue weighted by Crippen LogP contribution is 2.28. The van der Waals surface area contributed by atoms with Crippen LogP contribution in [0, 0.1) is 0 Å². The van der Waals surface area contributed by atoms with Crippen LogP contribution in [0.5, 0.6) is 0 Å². The molecule has 0 aromatic carbocycles. The van der Waals surface area contributed by atoms with Crippen LogP contribution in [0.2, 0.25) is 0 Å². The maximum Gasteiger partial charge on any atom is 0.214 e. The van der Waals surface area contributed by atoms with E-state index in [1.165, 1.54) is 0 Å². The summed E-state index contributed by atoms with van der Waals surface area (Å²) >= 11 is 0. The molecule has 4 nitrogen and oxygen atoms in total. The summed E-state index contributed by atoms with van der Waals surface area (Å²) < 4.78 is 25.2. The maximum atomic E-state index is 11.7. The van der Waals surface area contributed by atoms with Gasteiger partial charge in [0, 0.05) is 18.6 Å². The van der Waals surface area contributed by atoms with Crippen LogP contribution in [0.4, 0.5) is 0 Å². The van der Waals surface area contributed by atoms with Crippen molar-refractivity contribution in [1.82, 2.24) is 9.62 Å². The van der Waals surface area contributed by atoms with E-state index >= 15 is 0 Å². The van der Waals surface area contributed by atoms with Gasteiger partial charge in [-0.05, 0) is 39.2 Å². The topological polar surface area (TPSA) is 49.4 Å². The standard InChI is InChI=1S/C10H20N2O2S/c1-11-9-3-5-10(6-4-9)12-7-2-8-15(12,13)14/h9-11H,2-8H2,1H3. The van der Waals surface area contributed by atoms with Crippen molar-refractivity contribution in [3.63, 3.8) is 0 Å². The predicted octanol–water partition coefficient (Wildman–Crippen LogP) is 0.552. The second kappa shape index (κ2) is 4.39. The van der Waals surface area contributed by atoms with Crippen LogP contribution >= 0.6 is 0 Å². The number of hydrogen-bond donors (Lipinski definition) is 1. The summed E-state index contributed by atoms with van der Waals surface area (Å²) in [5, 5.41) is 3.27. The Morgan fingerprint density at radius 1 is 1.20 bits per heavy atom. The van der Waals surface area contributed by atoms with Gasteiger partial charge < -0.3 is 5.32 Å². The zero-order valence-electron chi connectivity index (χ0n) is 9.28. The Kier molecular flexibility index (Phi) is 3.33. The first-order chi connectivity index (χ1) is 7.13. The number of nitrogens with one attached hydrogen (secondary N) is 1. The molecule has 1 aliphatic carbocycles. The van der Waals surface area contributed by atoms with Gasteiger partial charge in [0.2, 0.25) is 10.0 Å². The summed E-state index contributed by atoms with van der Waals surface area (Å²) in [7, 11) is -0.914. The third-order valence-electron chi connectivity index (χ3n) is 3.65. The van der Waals surface area contributed by atoms with Crippen LogP contribution < -0.4 is 5.32 Å². The molecule has 1 saturated heterocycles. The minimum atomic E-state index is -2.90. The molecule has 0 aromatic heterocycles. The minimum Gasteiger partial charge on any atom is -0.317 e. The Morgan fingerprint density at radius 2 is 1.87 bits per heavy atom. The van der Waals surface area contributed by atoms with Crippen molar-refractivity contribution in [3.8, 4) is 0 Å². The second-order valence-corrected chi connectivity index (χ2v) is 6.62. The van der Waals surface area contributed by atoms with Crippen molar-refractivity contribution in [1.29, 1.82) is 0 Å². The molecular weight excluding hydrogens is 212 g/mol. The molecule has 5 heteroatoms. The van der Waals surface area contributed by atoms with Gasteiger partial charge >= 0.3 is 0 Å². The summed E-state index contributed by atoms with van der Waals surface area (Å²) in [6.45, 7) is 0.747. The Balaban J connectivity index is 1.96. The summed E-state index contributed by atoms with van der Waals surface area (Å²) in [5.41, 5.74) is 0. The lowest BCUT2D eigenvalue weighted by Crippen LogP contribution is -2.42. The van der Waals surface area contributed by atoms with Gasteiger partial charge in [-0.25, -0.2) is 8.42 Å². The van der Waals surface area contributed by atoms with Gasteiger partial charge in [-0.15, -0.1) is 0 Å². The summed E-state index contributed by atoms with van der Waals surface area (Å²) in [5.74, 6) is 0.360. The Hall–Kier alpha value is -0.130. The van der Waals surface area contributed by atoms with E-state index in [-0.39, 0.29) is 6.04 Å². The van der Waals surface area contributed by atoms with E-state index in [0.29, 0.717) is 11.8 Å². The SMILES string of the molecule is CNC1CCC(N2CCCS2(=O)=O)CC1. The third-order valence-corrected chi connectivity index (χ3v) is 5.65. The molecule has 0 bridgehead atoms. The molecule has 1 saturated carbocycles. The molecule has 2 aliphatic rings. The third kappa shape index (κ3) is 2.34. The van der Waals surface area contributed by atoms with Crippen molar-refractivity contribution < 1.29 is 8.42 Å². The summed E-state index contributed by atoms with van der Waals surface area (Å²) in [4.78, 5) is 0. The van der Waals surface area contributed by atoms with Crippen molar-refractivity contribution in [3.05, 3.63) is 0 Å². The summed E-state index contributed by atoms with van der Waals surface area (Å²) in [6, 6.07) is 0.869. The molecule has 0 unspecified atom stereocenters. The van der Waals surface area contributed by atoms with Gasteiger partial charge in [-0.2, -0.15) is 4.31 Å². The van der Waals surface area contributed by atoms with E-state index in [1.807, 2.05) is 7.05 Å². The molecule has 1 heterocycles. The van der Waals surface area contributed by atoms with E-state index in [4.69, 9.17) is 0 Å². The normalized spacial score (nSPS) is 36.9. The molecule has 15 heavy (non-hydrogen) atoms. The predicted molar refractivity (Wildman–Crippen MR) is 60.2 cm³/mol. The molecule has 1 N–H and O–H groups in total. The monoisotopic (exact) mass is 232 g/mol. The highest BCUT2D eigenvalue weighted by atomic mass is 32.2. The van der Waals surface area contributed by atoms with E-state index in [1.54, 1.807) is 4.31 Å². The van der Waals surface area contributed by atoms with Crippen LogP contribution in [0.25, 0.3) is 0 Å². The van der Waals surface area contributed by atoms with E-state index in [2.05, 4.69) is 5.32 Å². The summed E-state index contributed by atoms with van der Waals surface area (Å²) in [6.07, 6.45) is 5.06. The van der Waals surface area contributed by atoms with E-state index in [9.17, 15) is 8.42 Å². The van der Waals surface area contributed by atoms with Crippen LogP contribution in [-0.2, 0) is 10.0 Å². The minimum absolute atomic E-state index is 0.280. The van der Waals surface area contributed by atoms with Crippen molar-refractivity contribution >= 4 is 10.0 Å². The van der Waals surface area contributed by atoms with Gasteiger partial charge in [-0.3, -0.25) is 0 Å². The van der Waals surface area contributed by atoms with E-state index in [0.717, 1.165) is 38.6 Å². The highest BCUT2D eigenvalue weighted by Gasteiger charge is 2.35. The van der Waals surface area contributed by atoms with Crippen LogP contribution in [0.3, 0.4) is 0 Å². The lowest BCUT2D eigenvalue weighted by molar-refractivity contribution is 0.240.